The minimum Gasteiger partial charge on any atom is -0.488 e. The average molecular weight is 476 g/mol. The molecule has 4 nitrogen and oxygen atoms in total. The Morgan fingerprint density at radius 2 is 1.79 bits per heavy atom. The van der Waals surface area contributed by atoms with Crippen LogP contribution in [0.25, 0.3) is 11.1 Å². The van der Waals surface area contributed by atoms with Crippen molar-refractivity contribution in [2.75, 3.05) is 6.61 Å². The lowest BCUT2D eigenvalue weighted by Gasteiger charge is -2.16. The number of benzene rings is 2. The van der Waals surface area contributed by atoms with Crippen molar-refractivity contribution < 1.29 is 14.3 Å². The topological polar surface area (TPSA) is 48.4 Å². The molecule has 1 heterocycles. The lowest BCUT2D eigenvalue weighted by atomic mass is 9.96. The normalized spacial score (nSPS) is 13.3. The fourth-order valence-electron chi connectivity index (χ4n) is 4.39. The van der Waals surface area contributed by atoms with Crippen LogP contribution >= 0.6 is 11.6 Å². The number of pyridine rings is 1. The number of allylic oxidation sites excluding steroid dienone is 2. The van der Waals surface area contributed by atoms with Crippen molar-refractivity contribution in [2.24, 2.45) is 0 Å². The number of hydrogen-bond acceptors (Lipinski definition) is 4. The van der Waals surface area contributed by atoms with Crippen LogP contribution in [0.1, 0.15) is 71.4 Å². The highest BCUT2D eigenvalue weighted by atomic mass is 35.5. The minimum atomic E-state index is -0.321. The van der Waals surface area contributed by atoms with Gasteiger partial charge in [0.25, 0.3) is 0 Å². The van der Waals surface area contributed by atoms with Gasteiger partial charge < -0.3 is 9.47 Å². The third kappa shape index (κ3) is 5.34. The molecule has 0 spiro atoms. The van der Waals surface area contributed by atoms with Crippen LogP contribution in [0.3, 0.4) is 0 Å². The Bertz CT molecular complexity index is 1210. The van der Waals surface area contributed by atoms with E-state index in [1.165, 1.54) is 16.7 Å². The van der Waals surface area contributed by atoms with Crippen LogP contribution in [0.2, 0.25) is 5.02 Å². The third-order valence-corrected chi connectivity index (χ3v) is 6.38. The van der Waals surface area contributed by atoms with Gasteiger partial charge in [0, 0.05) is 16.8 Å². The molecule has 0 bridgehead atoms. The predicted molar refractivity (Wildman–Crippen MR) is 137 cm³/mol. The number of hydrogen-bond donors (Lipinski definition) is 0. The molecule has 0 N–H and O–H groups in total. The summed E-state index contributed by atoms with van der Waals surface area (Å²) in [6, 6.07) is 16.1. The number of esters is 1. The molecule has 0 saturated heterocycles. The molecule has 0 atom stereocenters. The summed E-state index contributed by atoms with van der Waals surface area (Å²) in [5.41, 5.74) is 7.98. The number of aromatic nitrogens is 1. The van der Waals surface area contributed by atoms with Crippen LogP contribution in [0.4, 0.5) is 0 Å². The lowest BCUT2D eigenvalue weighted by molar-refractivity contribution is 0.0524. The van der Waals surface area contributed by atoms with Gasteiger partial charge >= 0.3 is 5.97 Å². The molecule has 1 aliphatic rings. The Kier molecular flexibility index (Phi) is 7.69. The number of aryl methyl sites for hydroxylation is 2. The van der Waals surface area contributed by atoms with Crippen LogP contribution in [0.15, 0.2) is 54.7 Å². The molecule has 1 aromatic heterocycles. The summed E-state index contributed by atoms with van der Waals surface area (Å²) in [5, 5.41) is 0.670. The molecule has 176 valence electrons. The highest BCUT2D eigenvalue weighted by Gasteiger charge is 2.23. The van der Waals surface area contributed by atoms with Crippen molar-refractivity contribution >= 4 is 28.7 Å². The summed E-state index contributed by atoms with van der Waals surface area (Å²) >= 11 is 6.41. The van der Waals surface area contributed by atoms with Gasteiger partial charge in [0.1, 0.15) is 12.4 Å². The Morgan fingerprint density at radius 3 is 2.53 bits per heavy atom. The van der Waals surface area contributed by atoms with E-state index in [1.807, 2.05) is 44.3 Å². The molecule has 1 aliphatic carbocycles. The van der Waals surface area contributed by atoms with Crippen LogP contribution in [0, 0.1) is 6.92 Å². The molecule has 0 fully saturated rings. The molecule has 0 amide bonds. The average Bonchev–Trinajstić information content (AvgIpc) is 3.34. The standard InChI is InChI=1S/C29H30ClNO3/c1-4-27-26(29(32)33-5-2)15-21(17-31-27)23-7-6-8-24(23)25-16-22(30)13-14-28(25)34-18-20-11-9-19(3)10-12-20/h9-17H,4-8,18H2,1-3H3. The molecular weight excluding hydrogens is 446 g/mol. The highest BCUT2D eigenvalue weighted by molar-refractivity contribution is 6.30. The summed E-state index contributed by atoms with van der Waals surface area (Å²) in [7, 11) is 0. The number of ether oxygens (including phenoxy) is 2. The SMILES string of the molecule is CCOC(=O)c1cc(C2=C(c3cc(Cl)ccc3OCc3ccc(C)cc3)CCC2)cnc1CC. The van der Waals surface area contributed by atoms with Gasteiger partial charge in [-0.3, -0.25) is 4.98 Å². The van der Waals surface area contributed by atoms with E-state index in [-0.39, 0.29) is 5.97 Å². The summed E-state index contributed by atoms with van der Waals surface area (Å²) in [4.78, 5) is 17.2. The summed E-state index contributed by atoms with van der Waals surface area (Å²) in [6.07, 6.45) is 5.40. The minimum absolute atomic E-state index is 0.321. The van der Waals surface area contributed by atoms with Crippen molar-refractivity contribution in [3.8, 4) is 5.75 Å². The lowest BCUT2D eigenvalue weighted by Crippen LogP contribution is -2.10. The zero-order chi connectivity index (χ0) is 24.1. The third-order valence-electron chi connectivity index (χ3n) is 6.15. The highest BCUT2D eigenvalue weighted by Crippen LogP contribution is 2.43. The molecule has 2 aromatic carbocycles. The van der Waals surface area contributed by atoms with Gasteiger partial charge in [-0.15, -0.1) is 0 Å². The largest absolute Gasteiger partial charge is 0.488 e. The molecule has 5 heteroatoms. The maximum absolute atomic E-state index is 12.6. The van der Waals surface area contributed by atoms with Crippen LogP contribution in [-0.2, 0) is 17.8 Å². The van der Waals surface area contributed by atoms with Gasteiger partial charge in [-0.05, 0) is 86.1 Å². The first-order chi connectivity index (χ1) is 16.5. The van der Waals surface area contributed by atoms with Gasteiger partial charge in [0.2, 0.25) is 0 Å². The smallest absolute Gasteiger partial charge is 0.339 e. The van der Waals surface area contributed by atoms with Crippen LogP contribution < -0.4 is 4.74 Å². The van der Waals surface area contributed by atoms with Crippen molar-refractivity contribution in [1.82, 2.24) is 4.98 Å². The molecule has 4 rings (SSSR count). The number of carbonyl (C=O) groups excluding carboxylic acids is 1. The summed E-state index contributed by atoms with van der Waals surface area (Å²) in [6.45, 7) is 6.71. The fourth-order valence-corrected chi connectivity index (χ4v) is 4.57. The number of halogens is 1. The van der Waals surface area contributed by atoms with Crippen molar-refractivity contribution in [3.63, 3.8) is 0 Å². The van der Waals surface area contributed by atoms with E-state index in [1.54, 1.807) is 0 Å². The van der Waals surface area contributed by atoms with Crippen LogP contribution in [-0.4, -0.2) is 17.6 Å². The number of carbonyl (C=O) groups is 1. The number of nitrogens with zero attached hydrogens (tertiary/aromatic N) is 1. The molecule has 0 saturated carbocycles. The van der Waals surface area contributed by atoms with E-state index in [4.69, 9.17) is 21.1 Å². The Labute approximate surface area is 206 Å². The first-order valence-electron chi connectivity index (χ1n) is 11.9. The summed E-state index contributed by atoms with van der Waals surface area (Å²) < 4.78 is 11.5. The van der Waals surface area contributed by atoms with E-state index in [0.29, 0.717) is 30.2 Å². The Balaban J connectivity index is 1.71. The van der Waals surface area contributed by atoms with Gasteiger partial charge in [-0.2, -0.15) is 0 Å². The quantitative estimate of drug-likeness (QED) is 0.317. The molecule has 0 radical (unpaired) electrons. The Hall–Kier alpha value is -3.11. The monoisotopic (exact) mass is 475 g/mol. The van der Waals surface area contributed by atoms with Gasteiger partial charge in [-0.1, -0.05) is 48.4 Å². The summed E-state index contributed by atoms with van der Waals surface area (Å²) in [5.74, 6) is 0.488. The zero-order valence-electron chi connectivity index (χ0n) is 20.0. The van der Waals surface area contributed by atoms with E-state index >= 15 is 0 Å². The van der Waals surface area contributed by atoms with E-state index in [2.05, 4.69) is 36.2 Å². The second-order valence-electron chi connectivity index (χ2n) is 8.52. The number of rotatable bonds is 8. The Morgan fingerprint density at radius 1 is 1.03 bits per heavy atom. The first-order valence-corrected chi connectivity index (χ1v) is 12.2. The maximum Gasteiger partial charge on any atom is 0.339 e. The fraction of sp³-hybridized carbons (Fsp3) is 0.310. The second kappa shape index (κ2) is 10.9. The van der Waals surface area contributed by atoms with Crippen LogP contribution in [0.5, 0.6) is 5.75 Å². The van der Waals surface area contributed by atoms with E-state index in [0.717, 1.165) is 47.4 Å². The van der Waals surface area contributed by atoms with Crippen molar-refractivity contribution in [3.05, 3.63) is 93.3 Å². The maximum atomic E-state index is 12.6. The van der Waals surface area contributed by atoms with Gasteiger partial charge in [-0.25, -0.2) is 4.79 Å². The van der Waals surface area contributed by atoms with Crippen molar-refractivity contribution in [2.45, 2.75) is 53.1 Å². The van der Waals surface area contributed by atoms with Gasteiger partial charge in [0.05, 0.1) is 17.9 Å². The molecule has 3 aromatic rings. The molecule has 0 aliphatic heterocycles. The first kappa shape index (κ1) is 24.0. The van der Waals surface area contributed by atoms with E-state index in [9.17, 15) is 4.79 Å². The molecular formula is C29H30ClNO3. The second-order valence-corrected chi connectivity index (χ2v) is 8.95. The van der Waals surface area contributed by atoms with E-state index < -0.39 is 0 Å². The molecule has 0 unspecified atom stereocenters. The zero-order valence-corrected chi connectivity index (χ0v) is 20.7. The van der Waals surface area contributed by atoms with Crippen molar-refractivity contribution in [1.29, 1.82) is 0 Å². The predicted octanol–water partition coefficient (Wildman–Crippen LogP) is 7.46. The van der Waals surface area contributed by atoms with Gasteiger partial charge in [0.15, 0.2) is 0 Å². The molecule has 34 heavy (non-hydrogen) atoms.